The number of rotatable bonds is 1. The number of fused-ring (bicyclic) bond motifs is 2. The molecule has 0 radical (unpaired) electrons. The van der Waals surface area contributed by atoms with Crippen LogP contribution in [-0.4, -0.2) is 0 Å². The Morgan fingerprint density at radius 1 is 0.696 bits per heavy atom. The van der Waals surface area contributed by atoms with Crippen LogP contribution in [0.2, 0.25) is 0 Å². The van der Waals surface area contributed by atoms with Crippen LogP contribution in [0.4, 0.5) is 10.1 Å². The maximum atomic E-state index is 13.4. The van der Waals surface area contributed by atoms with Crippen molar-refractivity contribution in [3.63, 3.8) is 0 Å². The average Bonchev–Trinajstić information content (AvgIpc) is 2.53. The number of nitrogen functional groups attached to an aromatic ring is 1. The molecule has 4 aromatic rings. The second kappa shape index (κ2) is 5.10. The van der Waals surface area contributed by atoms with Crippen molar-refractivity contribution in [3.05, 3.63) is 78.1 Å². The first-order valence-electron chi connectivity index (χ1n) is 7.60. The molecule has 0 unspecified atom stereocenters. The quantitative estimate of drug-likeness (QED) is 0.355. The van der Waals surface area contributed by atoms with Gasteiger partial charge in [-0.25, -0.2) is 4.39 Å². The highest BCUT2D eigenvalue weighted by Gasteiger charge is 2.08. The van der Waals surface area contributed by atoms with Crippen LogP contribution in [0.15, 0.2) is 66.7 Å². The lowest BCUT2D eigenvalue weighted by molar-refractivity contribution is 0.630. The Kier molecular flexibility index (Phi) is 3.05. The summed E-state index contributed by atoms with van der Waals surface area (Å²) in [6, 6.07) is 21.2. The summed E-state index contributed by atoms with van der Waals surface area (Å²) in [7, 11) is 0. The van der Waals surface area contributed by atoms with Gasteiger partial charge in [0.15, 0.2) is 0 Å². The van der Waals surface area contributed by atoms with E-state index >= 15 is 0 Å². The van der Waals surface area contributed by atoms with Crippen LogP contribution in [-0.2, 0) is 0 Å². The van der Waals surface area contributed by atoms with Gasteiger partial charge in [-0.2, -0.15) is 0 Å². The van der Waals surface area contributed by atoms with E-state index in [1.54, 1.807) is 6.07 Å². The van der Waals surface area contributed by atoms with E-state index in [4.69, 9.17) is 5.73 Å². The second-order valence-corrected chi connectivity index (χ2v) is 5.95. The van der Waals surface area contributed by atoms with Crippen LogP contribution in [0.3, 0.4) is 0 Å². The lowest BCUT2D eigenvalue weighted by Gasteiger charge is -2.12. The van der Waals surface area contributed by atoms with Crippen molar-refractivity contribution in [1.29, 1.82) is 0 Å². The molecule has 0 aromatic heterocycles. The predicted octanol–water partition coefficient (Wildman–Crippen LogP) is 5.69. The van der Waals surface area contributed by atoms with Gasteiger partial charge in [0.25, 0.3) is 0 Å². The largest absolute Gasteiger partial charge is 0.398 e. The topological polar surface area (TPSA) is 26.0 Å². The second-order valence-electron chi connectivity index (χ2n) is 5.95. The predicted molar refractivity (Wildman–Crippen MR) is 96.0 cm³/mol. The number of halogens is 1. The van der Waals surface area contributed by atoms with E-state index in [0.29, 0.717) is 0 Å². The fraction of sp³-hybridized carbons (Fsp3) is 0.0476. The summed E-state index contributed by atoms with van der Waals surface area (Å²) in [5, 5.41) is 4.20. The number of aryl methyl sites for hydroxylation is 1. The molecule has 0 atom stereocenters. The molecule has 0 saturated heterocycles. The van der Waals surface area contributed by atoms with E-state index in [1.807, 2.05) is 36.4 Å². The molecule has 0 aliphatic heterocycles. The van der Waals surface area contributed by atoms with Gasteiger partial charge in [0.05, 0.1) is 0 Å². The minimum Gasteiger partial charge on any atom is -0.398 e. The van der Waals surface area contributed by atoms with Gasteiger partial charge in [-0.1, -0.05) is 30.3 Å². The van der Waals surface area contributed by atoms with Crippen molar-refractivity contribution in [2.45, 2.75) is 6.92 Å². The molecule has 23 heavy (non-hydrogen) atoms. The third-order valence-corrected chi connectivity index (χ3v) is 4.35. The highest BCUT2D eigenvalue weighted by atomic mass is 19.1. The van der Waals surface area contributed by atoms with Crippen molar-refractivity contribution >= 4 is 27.2 Å². The van der Waals surface area contributed by atoms with Crippen LogP contribution < -0.4 is 5.73 Å². The molecule has 1 nitrogen and oxygen atoms in total. The Bertz CT molecular complexity index is 1050. The lowest BCUT2D eigenvalue weighted by atomic mass is 9.94. The SMILES string of the molecule is Cc1cc2cc3cc(F)ccc3cc2cc1-c1ccccc1N. The van der Waals surface area contributed by atoms with Gasteiger partial charge >= 0.3 is 0 Å². The molecular formula is C21H16FN. The van der Waals surface area contributed by atoms with E-state index in [-0.39, 0.29) is 5.82 Å². The summed E-state index contributed by atoms with van der Waals surface area (Å²) >= 11 is 0. The molecule has 2 N–H and O–H groups in total. The molecular weight excluding hydrogens is 285 g/mol. The van der Waals surface area contributed by atoms with Crippen LogP contribution >= 0.6 is 0 Å². The fourth-order valence-electron chi connectivity index (χ4n) is 3.17. The first-order valence-corrected chi connectivity index (χ1v) is 7.60. The van der Waals surface area contributed by atoms with E-state index in [1.165, 1.54) is 6.07 Å². The first kappa shape index (κ1) is 13.8. The van der Waals surface area contributed by atoms with Crippen molar-refractivity contribution < 1.29 is 4.39 Å². The maximum Gasteiger partial charge on any atom is 0.123 e. The number of anilines is 1. The van der Waals surface area contributed by atoms with E-state index in [0.717, 1.165) is 43.9 Å². The summed E-state index contributed by atoms with van der Waals surface area (Å²) in [6.45, 7) is 2.08. The summed E-state index contributed by atoms with van der Waals surface area (Å²) < 4.78 is 13.4. The van der Waals surface area contributed by atoms with Crippen LogP contribution in [0, 0.1) is 12.7 Å². The van der Waals surface area contributed by atoms with Crippen LogP contribution in [0.1, 0.15) is 5.56 Å². The number of nitrogens with two attached hydrogens (primary N) is 1. The Morgan fingerprint density at radius 2 is 1.39 bits per heavy atom. The summed E-state index contributed by atoms with van der Waals surface area (Å²) in [5.41, 5.74) is 10.2. The van der Waals surface area contributed by atoms with Crippen molar-refractivity contribution in [3.8, 4) is 11.1 Å². The van der Waals surface area contributed by atoms with Crippen LogP contribution in [0.5, 0.6) is 0 Å². The normalized spacial score (nSPS) is 11.2. The van der Waals surface area contributed by atoms with Gasteiger partial charge < -0.3 is 5.73 Å². The number of hydrogen-bond acceptors (Lipinski definition) is 1. The molecule has 0 amide bonds. The van der Waals surface area contributed by atoms with E-state index in [9.17, 15) is 4.39 Å². The molecule has 112 valence electrons. The van der Waals surface area contributed by atoms with Gasteiger partial charge in [0, 0.05) is 11.3 Å². The van der Waals surface area contributed by atoms with Crippen molar-refractivity contribution in [1.82, 2.24) is 0 Å². The van der Waals surface area contributed by atoms with Gasteiger partial charge in [-0.15, -0.1) is 0 Å². The van der Waals surface area contributed by atoms with E-state index < -0.39 is 0 Å². The molecule has 0 bridgehead atoms. The molecule has 4 aromatic carbocycles. The summed E-state index contributed by atoms with van der Waals surface area (Å²) in [5.74, 6) is -0.206. The number of para-hydroxylation sites is 1. The molecule has 0 spiro atoms. The highest BCUT2D eigenvalue weighted by molar-refractivity contribution is 6.00. The molecule has 0 saturated carbocycles. The zero-order valence-electron chi connectivity index (χ0n) is 12.8. The summed E-state index contributed by atoms with van der Waals surface area (Å²) in [6.07, 6.45) is 0. The molecule has 2 heteroatoms. The van der Waals surface area contributed by atoms with Gasteiger partial charge in [-0.05, 0) is 76.0 Å². The standard InChI is InChI=1S/C21H16FN/c1-13-8-15-10-16-11-18(22)7-6-14(16)9-17(15)12-20(13)19-4-2-3-5-21(19)23/h2-12H,23H2,1H3. The van der Waals surface area contributed by atoms with Gasteiger partial charge in [0.2, 0.25) is 0 Å². The lowest BCUT2D eigenvalue weighted by Crippen LogP contribution is -1.92. The van der Waals surface area contributed by atoms with Gasteiger partial charge in [-0.3, -0.25) is 0 Å². The zero-order valence-corrected chi connectivity index (χ0v) is 12.8. The Morgan fingerprint density at radius 3 is 2.22 bits per heavy atom. The number of hydrogen-bond donors (Lipinski definition) is 1. The maximum absolute atomic E-state index is 13.4. The fourth-order valence-corrected chi connectivity index (χ4v) is 3.17. The first-order chi connectivity index (χ1) is 11.1. The van der Waals surface area contributed by atoms with Crippen LogP contribution in [0.25, 0.3) is 32.7 Å². The Balaban J connectivity index is 2.01. The Labute approximate surface area is 134 Å². The third-order valence-electron chi connectivity index (χ3n) is 4.35. The van der Waals surface area contributed by atoms with Crippen molar-refractivity contribution in [2.24, 2.45) is 0 Å². The zero-order chi connectivity index (χ0) is 16.0. The van der Waals surface area contributed by atoms with Gasteiger partial charge in [0.1, 0.15) is 5.82 Å². The molecule has 4 rings (SSSR count). The number of benzene rings is 4. The highest BCUT2D eigenvalue weighted by Crippen LogP contribution is 2.33. The molecule has 0 aliphatic rings. The smallest absolute Gasteiger partial charge is 0.123 e. The van der Waals surface area contributed by atoms with E-state index in [2.05, 4.69) is 25.1 Å². The van der Waals surface area contributed by atoms with Crippen molar-refractivity contribution in [2.75, 3.05) is 5.73 Å². The average molecular weight is 301 g/mol. The third kappa shape index (κ3) is 2.33. The molecule has 0 heterocycles. The molecule has 0 fully saturated rings. The minimum atomic E-state index is -0.206. The minimum absolute atomic E-state index is 0.206. The Hall–Kier alpha value is -2.87. The molecule has 0 aliphatic carbocycles. The monoisotopic (exact) mass is 301 g/mol. The summed E-state index contributed by atoms with van der Waals surface area (Å²) in [4.78, 5) is 0.